The second-order valence-corrected chi connectivity index (χ2v) is 4.66. The molecule has 2 aromatic rings. The van der Waals surface area contributed by atoms with Crippen LogP contribution >= 0.6 is 0 Å². The van der Waals surface area contributed by atoms with Gasteiger partial charge in [-0.05, 0) is 42.3 Å². The predicted octanol–water partition coefficient (Wildman–Crippen LogP) is 3.40. The number of benzene rings is 2. The lowest BCUT2D eigenvalue weighted by Gasteiger charge is -2.11. The van der Waals surface area contributed by atoms with Gasteiger partial charge >= 0.3 is 0 Å². The van der Waals surface area contributed by atoms with Crippen molar-refractivity contribution < 1.29 is 4.79 Å². The number of hydrogen-bond donors (Lipinski definition) is 1. The molecule has 0 saturated heterocycles. The van der Waals surface area contributed by atoms with Crippen LogP contribution < -0.4 is 10.6 Å². The number of nitrogens with zero attached hydrogens (tertiary/aromatic N) is 1. The number of nitrogens with two attached hydrogens (primary N) is 1. The van der Waals surface area contributed by atoms with Gasteiger partial charge in [0, 0.05) is 31.0 Å². The van der Waals surface area contributed by atoms with E-state index in [4.69, 9.17) is 5.73 Å². The fourth-order valence-electron chi connectivity index (χ4n) is 1.71. The van der Waals surface area contributed by atoms with Crippen LogP contribution in [0.25, 0.3) is 0 Å². The number of carbonyl (C=O) groups excluding carboxylic acids is 1. The summed E-state index contributed by atoms with van der Waals surface area (Å²) in [6.07, 6.45) is 1.87. The molecule has 0 atom stereocenters. The van der Waals surface area contributed by atoms with Crippen molar-refractivity contribution in [3.05, 3.63) is 59.7 Å². The number of para-hydroxylation sites is 1. The fraction of sp³-hybridized carbons (Fsp3) is 0.235. The first kappa shape index (κ1) is 15.8. The Morgan fingerprint density at radius 3 is 2.05 bits per heavy atom. The number of aldehydes is 1. The molecule has 0 fully saturated rings. The van der Waals surface area contributed by atoms with Gasteiger partial charge < -0.3 is 10.6 Å². The summed E-state index contributed by atoms with van der Waals surface area (Å²) in [7, 11) is 3.94. The SMILES string of the molecule is CCc1ccccc1N.CN(C)c1ccc(C=O)cc1. The van der Waals surface area contributed by atoms with Gasteiger partial charge in [0.1, 0.15) is 6.29 Å². The first-order valence-corrected chi connectivity index (χ1v) is 6.64. The third kappa shape index (κ3) is 4.76. The van der Waals surface area contributed by atoms with Crippen molar-refractivity contribution in [1.82, 2.24) is 0 Å². The van der Waals surface area contributed by atoms with Crippen LogP contribution in [0.5, 0.6) is 0 Å². The molecule has 0 saturated carbocycles. The minimum Gasteiger partial charge on any atom is -0.399 e. The topological polar surface area (TPSA) is 46.3 Å². The molecule has 20 heavy (non-hydrogen) atoms. The molecular weight excluding hydrogens is 248 g/mol. The van der Waals surface area contributed by atoms with Gasteiger partial charge in [0.25, 0.3) is 0 Å². The van der Waals surface area contributed by atoms with E-state index in [1.807, 2.05) is 61.5 Å². The molecule has 2 rings (SSSR count). The molecule has 2 aromatic carbocycles. The Balaban J connectivity index is 0.000000204. The van der Waals surface area contributed by atoms with Crippen molar-refractivity contribution in [2.75, 3.05) is 24.7 Å². The maximum absolute atomic E-state index is 10.3. The van der Waals surface area contributed by atoms with Crippen LogP contribution in [0.2, 0.25) is 0 Å². The number of hydrogen-bond acceptors (Lipinski definition) is 3. The summed E-state index contributed by atoms with van der Waals surface area (Å²) >= 11 is 0. The van der Waals surface area contributed by atoms with E-state index in [9.17, 15) is 4.79 Å². The van der Waals surface area contributed by atoms with E-state index < -0.39 is 0 Å². The Hall–Kier alpha value is -2.29. The van der Waals surface area contributed by atoms with Gasteiger partial charge in [0.15, 0.2) is 0 Å². The summed E-state index contributed by atoms with van der Waals surface area (Å²) in [5.41, 5.74) is 9.59. The molecule has 3 nitrogen and oxygen atoms in total. The molecule has 2 N–H and O–H groups in total. The van der Waals surface area contributed by atoms with E-state index in [1.165, 1.54) is 5.56 Å². The van der Waals surface area contributed by atoms with Gasteiger partial charge in [-0.25, -0.2) is 0 Å². The molecule has 0 heterocycles. The third-order valence-electron chi connectivity index (χ3n) is 2.98. The van der Waals surface area contributed by atoms with Crippen molar-refractivity contribution in [3.63, 3.8) is 0 Å². The number of anilines is 2. The highest BCUT2D eigenvalue weighted by Crippen LogP contribution is 2.10. The monoisotopic (exact) mass is 270 g/mol. The van der Waals surface area contributed by atoms with Crippen LogP contribution in [0.15, 0.2) is 48.5 Å². The minimum absolute atomic E-state index is 0.718. The summed E-state index contributed by atoms with van der Waals surface area (Å²) in [5, 5.41) is 0. The lowest BCUT2D eigenvalue weighted by molar-refractivity contribution is 0.112. The first-order valence-electron chi connectivity index (χ1n) is 6.64. The number of aryl methyl sites for hydroxylation is 1. The van der Waals surface area contributed by atoms with E-state index in [0.29, 0.717) is 0 Å². The van der Waals surface area contributed by atoms with Crippen LogP contribution in [0.3, 0.4) is 0 Å². The van der Waals surface area contributed by atoms with Crippen molar-refractivity contribution in [3.8, 4) is 0 Å². The van der Waals surface area contributed by atoms with Gasteiger partial charge in [-0.2, -0.15) is 0 Å². The van der Waals surface area contributed by atoms with E-state index in [1.54, 1.807) is 0 Å². The Morgan fingerprint density at radius 1 is 1.05 bits per heavy atom. The molecule has 0 spiro atoms. The van der Waals surface area contributed by atoms with Gasteiger partial charge in [-0.3, -0.25) is 4.79 Å². The number of nitrogen functional groups attached to an aromatic ring is 1. The highest BCUT2D eigenvalue weighted by molar-refractivity contribution is 5.75. The fourth-order valence-corrected chi connectivity index (χ4v) is 1.71. The molecule has 106 valence electrons. The van der Waals surface area contributed by atoms with Crippen molar-refractivity contribution in [2.24, 2.45) is 0 Å². The predicted molar refractivity (Wildman–Crippen MR) is 86.4 cm³/mol. The maximum atomic E-state index is 10.3. The minimum atomic E-state index is 0.718. The molecule has 0 aliphatic heterocycles. The zero-order valence-electron chi connectivity index (χ0n) is 12.3. The van der Waals surface area contributed by atoms with Gasteiger partial charge in [0.05, 0.1) is 0 Å². The Labute approximate surface area is 121 Å². The summed E-state index contributed by atoms with van der Waals surface area (Å²) < 4.78 is 0. The molecule has 0 aliphatic rings. The zero-order valence-corrected chi connectivity index (χ0v) is 12.3. The second kappa shape index (κ2) is 8.00. The maximum Gasteiger partial charge on any atom is 0.150 e. The molecule has 0 unspecified atom stereocenters. The van der Waals surface area contributed by atoms with Crippen LogP contribution in [0.1, 0.15) is 22.8 Å². The van der Waals surface area contributed by atoms with Crippen LogP contribution in [-0.4, -0.2) is 20.4 Å². The largest absolute Gasteiger partial charge is 0.399 e. The molecular formula is C17H22N2O. The Kier molecular flexibility index (Phi) is 6.30. The van der Waals surface area contributed by atoms with Crippen molar-refractivity contribution in [1.29, 1.82) is 0 Å². The molecule has 3 heteroatoms. The van der Waals surface area contributed by atoms with Gasteiger partial charge in [-0.15, -0.1) is 0 Å². The Bertz CT molecular complexity index is 533. The van der Waals surface area contributed by atoms with E-state index >= 15 is 0 Å². The van der Waals surface area contributed by atoms with E-state index in [-0.39, 0.29) is 0 Å². The zero-order chi connectivity index (χ0) is 15.0. The lowest BCUT2D eigenvalue weighted by atomic mass is 10.1. The van der Waals surface area contributed by atoms with E-state index in [0.717, 1.165) is 29.6 Å². The Morgan fingerprint density at radius 2 is 1.65 bits per heavy atom. The molecule has 0 radical (unpaired) electrons. The smallest absolute Gasteiger partial charge is 0.150 e. The summed E-state index contributed by atoms with van der Waals surface area (Å²) in [6.45, 7) is 2.10. The van der Waals surface area contributed by atoms with Crippen molar-refractivity contribution in [2.45, 2.75) is 13.3 Å². The number of rotatable bonds is 3. The normalized spacial score (nSPS) is 9.35. The van der Waals surface area contributed by atoms with Crippen LogP contribution in [-0.2, 0) is 6.42 Å². The lowest BCUT2D eigenvalue weighted by Crippen LogP contribution is -2.08. The summed E-state index contributed by atoms with van der Waals surface area (Å²) in [4.78, 5) is 12.3. The van der Waals surface area contributed by atoms with Gasteiger partial charge in [-0.1, -0.05) is 25.1 Å². The van der Waals surface area contributed by atoms with E-state index in [2.05, 4.69) is 13.0 Å². The average Bonchev–Trinajstić information content (AvgIpc) is 2.48. The number of carbonyl (C=O) groups is 1. The molecule has 0 bridgehead atoms. The standard InChI is InChI=1S/C9H11NO.C8H11N/c1-10(2)9-5-3-8(7-11)4-6-9;1-2-7-5-3-4-6-8(7)9/h3-7H,1-2H3;3-6H,2,9H2,1H3. The summed E-state index contributed by atoms with van der Waals surface area (Å²) in [6, 6.07) is 15.4. The highest BCUT2D eigenvalue weighted by Gasteiger charge is 1.93. The molecule has 0 aromatic heterocycles. The average molecular weight is 270 g/mol. The van der Waals surface area contributed by atoms with Gasteiger partial charge in [0.2, 0.25) is 0 Å². The van der Waals surface area contributed by atoms with Crippen molar-refractivity contribution >= 4 is 17.7 Å². The molecule has 0 aliphatic carbocycles. The summed E-state index contributed by atoms with van der Waals surface area (Å²) in [5.74, 6) is 0. The quantitative estimate of drug-likeness (QED) is 0.687. The first-order chi connectivity index (χ1) is 9.58. The van der Waals surface area contributed by atoms with Crippen LogP contribution in [0, 0.1) is 0 Å². The highest BCUT2D eigenvalue weighted by atomic mass is 16.1. The second-order valence-electron chi connectivity index (χ2n) is 4.66. The van der Waals surface area contributed by atoms with Crippen LogP contribution in [0.4, 0.5) is 11.4 Å². The third-order valence-corrected chi connectivity index (χ3v) is 2.98. The molecule has 0 amide bonds.